The number of aliphatic imine (C=N–C) groups is 2. The lowest BCUT2D eigenvalue weighted by Crippen LogP contribution is -2.20. The number of imidazole rings is 1. The van der Waals surface area contributed by atoms with Crippen LogP contribution < -0.4 is 5.32 Å². The summed E-state index contributed by atoms with van der Waals surface area (Å²) in [6.45, 7) is 6.84. The van der Waals surface area contributed by atoms with E-state index >= 15 is 0 Å². The molecule has 5 rings (SSSR count). The Bertz CT molecular complexity index is 1680. The Morgan fingerprint density at radius 1 is 1.21 bits per heavy atom. The van der Waals surface area contributed by atoms with Crippen LogP contribution in [0.25, 0.3) is 50.4 Å². The molecule has 0 aliphatic rings. The fourth-order valence-electron chi connectivity index (χ4n) is 4.08. The molecule has 0 radical (unpaired) electrons. The zero-order valence-corrected chi connectivity index (χ0v) is 21.3. The van der Waals surface area contributed by atoms with E-state index in [9.17, 15) is 4.39 Å². The number of nitrogens with zero attached hydrogens (tertiary/aromatic N) is 7. The Morgan fingerprint density at radius 2 is 2.08 bits per heavy atom. The van der Waals surface area contributed by atoms with Gasteiger partial charge in [0.05, 0.1) is 16.6 Å². The first-order chi connectivity index (χ1) is 18.4. The van der Waals surface area contributed by atoms with Crippen molar-refractivity contribution < 1.29 is 4.39 Å². The third-order valence-corrected chi connectivity index (χ3v) is 5.98. The third kappa shape index (κ3) is 5.18. The van der Waals surface area contributed by atoms with Gasteiger partial charge < -0.3 is 15.2 Å². The molecule has 4 heterocycles. The summed E-state index contributed by atoms with van der Waals surface area (Å²) in [7, 11) is 3.99. The molecule has 1 aromatic carbocycles. The second-order valence-electron chi connectivity index (χ2n) is 9.05. The molecule has 0 saturated carbocycles. The highest BCUT2D eigenvalue weighted by Gasteiger charge is 2.17. The Morgan fingerprint density at radius 3 is 2.89 bits per heavy atom. The zero-order chi connectivity index (χ0) is 26.6. The number of aromatic nitrogens is 6. The summed E-state index contributed by atoms with van der Waals surface area (Å²) in [6, 6.07) is 8.65. The molecular formula is C27H27FN10. The number of halogens is 1. The average Bonchev–Trinajstić information content (AvgIpc) is 3.51. The minimum Gasteiger partial charge on any atom is -0.384 e. The van der Waals surface area contributed by atoms with Crippen molar-refractivity contribution in [3.63, 3.8) is 0 Å². The van der Waals surface area contributed by atoms with Gasteiger partial charge in [0.25, 0.3) is 0 Å². The van der Waals surface area contributed by atoms with Crippen molar-refractivity contribution in [2.75, 3.05) is 32.5 Å². The first kappa shape index (κ1) is 24.9. The molecule has 4 aromatic heterocycles. The Kier molecular flexibility index (Phi) is 7.00. The van der Waals surface area contributed by atoms with E-state index in [4.69, 9.17) is 4.98 Å². The number of anilines is 1. The van der Waals surface area contributed by atoms with Crippen molar-refractivity contribution in [3.8, 4) is 22.8 Å². The second kappa shape index (κ2) is 10.7. The van der Waals surface area contributed by atoms with E-state index in [1.54, 1.807) is 18.6 Å². The van der Waals surface area contributed by atoms with Crippen molar-refractivity contribution in [3.05, 3.63) is 60.3 Å². The number of fused-ring (bicyclic) bond motifs is 2. The molecule has 0 atom stereocenters. The molecule has 0 aliphatic heterocycles. The highest BCUT2D eigenvalue weighted by Crippen LogP contribution is 2.32. The van der Waals surface area contributed by atoms with E-state index in [1.165, 1.54) is 18.5 Å². The molecule has 0 unspecified atom stereocenters. The molecule has 5 aromatic rings. The minimum atomic E-state index is -0.348. The Balaban J connectivity index is 1.54. The van der Waals surface area contributed by atoms with E-state index in [0.717, 1.165) is 28.6 Å². The normalized spacial score (nSPS) is 12.3. The maximum Gasteiger partial charge on any atom is 0.181 e. The van der Waals surface area contributed by atoms with E-state index in [-0.39, 0.29) is 5.82 Å². The first-order valence-electron chi connectivity index (χ1n) is 12.0. The lowest BCUT2D eigenvalue weighted by Gasteiger charge is -2.12. The van der Waals surface area contributed by atoms with Gasteiger partial charge in [0.1, 0.15) is 23.4 Å². The fraction of sp³-hybridized carbons (Fsp3) is 0.185. The zero-order valence-electron chi connectivity index (χ0n) is 21.3. The van der Waals surface area contributed by atoms with Gasteiger partial charge in [-0.2, -0.15) is 5.10 Å². The van der Waals surface area contributed by atoms with Crippen LogP contribution in [0.1, 0.15) is 12.5 Å². The number of pyridine rings is 2. The molecule has 0 spiro atoms. The van der Waals surface area contributed by atoms with Crippen LogP contribution in [0, 0.1) is 5.82 Å². The van der Waals surface area contributed by atoms with Crippen LogP contribution in [-0.4, -0.2) is 75.3 Å². The van der Waals surface area contributed by atoms with Gasteiger partial charge in [-0.15, -0.1) is 0 Å². The minimum absolute atomic E-state index is 0.348. The predicted octanol–water partition coefficient (Wildman–Crippen LogP) is 4.77. The summed E-state index contributed by atoms with van der Waals surface area (Å²) >= 11 is 0. The number of allylic oxidation sites excluding steroid dienone is 1. The second-order valence-corrected chi connectivity index (χ2v) is 9.05. The summed E-state index contributed by atoms with van der Waals surface area (Å²) in [6.07, 6.45) is 6.49. The molecule has 0 amide bonds. The number of likely N-dealkylation sites (N-methyl/N-ethyl adjacent to an activating group) is 1. The number of rotatable bonds is 9. The fourth-order valence-corrected chi connectivity index (χ4v) is 4.08. The van der Waals surface area contributed by atoms with Crippen LogP contribution in [0.2, 0.25) is 0 Å². The molecule has 0 bridgehead atoms. The van der Waals surface area contributed by atoms with Crippen LogP contribution in [0.15, 0.2) is 58.9 Å². The summed E-state index contributed by atoms with van der Waals surface area (Å²) in [5.41, 5.74) is 6.33. The largest absolute Gasteiger partial charge is 0.384 e. The Labute approximate surface area is 218 Å². The van der Waals surface area contributed by atoms with E-state index < -0.39 is 0 Å². The number of nitrogens with one attached hydrogen (secondary N) is 3. The standard InChI is InChI=1S/C27H27FN10/c1-16(13-30-15-29-2)18-11-21-24(36-37-26(21)33-14-18)27-34-22-5-6-32-23(25(22)35-27)17-9-19(28)12-20(10-17)31-7-8-38(3)4/h5-6,9-15,31H,2,7-8H2,1,3-4H3,(H,34,35)(H,33,36,37)/b16-13+,30-15?. The van der Waals surface area contributed by atoms with E-state index in [0.29, 0.717) is 46.2 Å². The molecule has 11 heteroatoms. The molecule has 0 saturated heterocycles. The lowest BCUT2D eigenvalue weighted by molar-refractivity contribution is 0.425. The third-order valence-electron chi connectivity index (χ3n) is 5.98. The maximum atomic E-state index is 14.6. The van der Waals surface area contributed by atoms with Gasteiger partial charge >= 0.3 is 0 Å². The van der Waals surface area contributed by atoms with Crippen molar-refractivity contribution in [1.29, 1.82) is 0 Å². The predicted molar refractivity (Wildman–Crippen MR) is 151 cm³/mol. The number of aromatic amines is 2. The highest BCUT2D eigenvalue weighted by molar-refractivity contribution is 5.96. The summed E-state index contributed by atoms with van der Waals surface area (Å²) in [4.78, 5) is 27.0. The van der Waals surface area contributed by atoms with Crippen LogP contribution in [0.5, 0.6) is 0 Å². The van der Waals surface area contributed by atoms with Crippen molar-refractivity contribution >= 4 is 46.4 Å². The van der Waals surface area contributed by atoms with Gasteiger partial charge in [0.2, 0.25) is 0 Å². The summed E-state index contributed by atoms with van der Waals surface area (Å²) in [5, 5.41) is 11.5. The average molecular weight is 511 g/mol. The monoisotopic (exact) mass is 510 g/mol. The van der Waals surface area contributed by atoms with E-state index in [2.05, 4.69) is 52.1 Å². The molecule has 192 valence electrons. The van der Waals surface area contributed by atoms with Gasteiger partial charge in [-0.05, 0) is 69.2 Å². The molecular weight excluding hydrogens is 483 g/mol. The van der Waals surface area contributed by atoms with Crippen LogP contribution >= 0.6 is 0 Å². The van der Waals surface area contributed by atoms with Gasteiger partial charge in [-0.25, -0.2) is 19.4 Å². The van der Waals surface area contributed by atoms with Crippen LogP contribution in [0.4, 0.5) is 10.1 Å². The van der Waals surface area contributed by atoms with Gasteiger partial charge in [0.15, 0.2) is 11.5 Å². The van der Waals surface area contributed by atoms with Crippen LogP contribution in [0.3, 0.4) is 0 Å². The highest BCUT2D eigenvalue weighted by atomic mass is 19.1. The van der Waals surface area contributed by atoms with Crippen molar-refractivity contribution in [1.82, 2.24) is 35.0 Å². The lowest BCUT2D eigenvalue weighted by atomic mass is 10.1. The van der Waals surface area contributed by atoms with E-state index in [1.807, 2.05) is 39.2 Å². The van der Waals surface area contributed by atoms with Gasteiger partial charge in [-0.1, -0.05) is 0 Å². The van der Waals surface area contributed by atoms with Crippen molar-refractivity contribution in [2.24, 2.45) is 9.98 Å². The topological polar surface area (TPSA) is 123 Å². The summed E-state index contributed by atoms with van der Waals surface area (Å²) in [5.74, 6) is 0.228. The smallest absolute Gasteiger partial charge is 0.181 e. The van der Waals surface area contributed by atoms with Gasteiger partial charge in [-0.3, -0.25) is 15.1 Å². The number of benzene rings is 1. The molecule has 0 fully saturated rings. The first-order valence-corrected chi connectivity index (χ1v) is 12.0. The molecule has 38 heavy (non-hydrogen) atoms. The molecule has 0 aliphatic carbocycles. The van der Waals surface area contributed by atoms with Gasteiger partial charge in [0, 0.05) is 42.9 Å². The number of H-pyrrole nitrogens is 2. The van der Waals surface area contributed by atoms with Crippen molar-refractivity contribution in [2.45, 2.75) is 6.92 Å². The van der Waals surface area contributed by atoms with Crippen LogP contribution in [-0.2, 0) is 0 Å². The number of hydrogen-bond acceptors (Lipinski definition) is 7. The Hall–Kier alpha value is -4.77. The molecule has 3 N–H and O–H groups in total. The maximum absolute atomic E-state index is 14.6. The summed E-state index contributed by atoms with van der Waals surface area (Å²) < 4.78 is 14.6. The SMILES string of the molecule is C=NC=N/C=C(\C)c1cnc2n[nH]c(-c3nc4c(-c5cc(F)cc(NCCN(C)C)c5)nccc4[nH]3)c2c1. The quantitative estimate of drug-likeness (QED) is 0.194. The molecule has 10 nitrogen and oxygen atoms in total. The number of hydrogen-bond donors (Lipinski definition) is 3.